The third-order valence-corrected chi connectivity index (χ3v) is 4.87. The number of rotatable bonds is 7. The van der Waals surface area contributed by atoms with E-state index in [1.807, 2.05) is 0 Å². The second-order valence-electron chi connectivity index (χ2n) is 6.54. The summed E-state index contributed by atoms with van der Waals surface area (Å²) in [4.78, 5) is 37.5. The number of benzene rings is 2. The number of imide groups is 1. The third-order valence-electron chi connectivity index (χ3n) is 4.28. The smallest absolute Gasteiger partial charge is 0.324 e. The molecule has 11 heteroatoms. The van der Waals surface area contributed by atoms with Crippen molar-refractivity contribution in [2.75, 3.05) is 29.9 Å². The maximum absolute atomic E-state index is 12.8. The number of urea groups is 1. The van der Waals surface area contributed by atoms with Gasteiger partial charge in [0, 0.05) is 11.3 Å². The molecule has 0 spiro atoms. The van der Waals surface area contributed by atoms with E-state index in [2.05, 4.69) is 15.4 Å². The van der Waals surface area contributed by atoms with Gasteiger partial charge in [-0.05, 0) is 29.8 Å². The Morgan fingerprint density at radius 3 is 2.57 bits per heavy atom. The molecule has 0 atom stereocenters. The zero-order chi connectivity index (χ0) is 21.9. The van der Waals surface area contributed by atoms with Crippen LogP contribution in [0.1, 0.15) is 15.9 Å². The molecule has 3 rings (SSSR count). The Hall–Kier alpha value is -3.60. The molecule has 30 heavy (non-hydrogen) atoms. The van der Waals surface area contributed by atoms with Crippen molar-refractivity contribution in [1.82, 2.24) is 10.2 Å². The molecular weight excluding hydrogens is 412 g/mol. The lowest BCUT2D eigenvalue weighted by Crippen LogP contribution is -2.31. The van der Waals surface area contributed by atoms with E-state index >= 15 is 0 Å². The van der Waals surface area contributed by atoms with Crippen molar-refractivity contribution in [2.45, 2.75) is 6.54 Å². The molecule has 3 N–H and O–H groups in total. The second-order valence-corrected chi connectivity index (χ2v) is 8.29. The van der Waals surface area contributed by atoms with E-state index in [0.29, 0.717) is 11.3 Å². The molecule has 2 aromatic carbocycles. The van der Waals surface area contributed by atoms with E-state index in [9.17, 15) is 22.8 Å². The third kappa shape index (κ3) is 4.87. The lowest BCUT2D eigenvalue weighted by atomic mass is 10.1. The number of hydrogen-bond donors (Lipinski definition) is 3. The standard InChI is InChI=1S/C19H20N4O6S/c1-29-16-8-7-13(9-15(16)22-30(2,27)28)21-18(25)14-6-4-3-5-12(14)11-23-17(24)10-20-19(23)26/h3-9,22H,10-11H2,1-2H3,(H,20,26)(H,21,25). The van der Waals surface area contributed by atoms with E-state index in [-0.39, 0.29) is 36.0 Å². The number of anilines is 2. The molecule has 1 aliphatic heterocycles. The number of hydrogen-bond acceptors (Lipinski definition) is 6. The molecule has 1 fully saturated rings. The molecule has 158 valence electrons. The first-order chi connectivity index (χ1) is 14.2. The fraction of sp³-hybridized carbons (Fsp3) is 0.211. The van der Waals surface area contributed by atoms with Crippen molar-refractivity contribution in [2.24, 2.45) is 0 Å². The minimum absolute atomic E-state index is 0.0439. The molecule has 0 radical (unpaired) electrons. The van der Waals surface area contributed by atoms with Crippen molar-refractivity contribution in [3.8, 4) is 5.75 Å². The van der Waals surface area contributed by atoms with Gasteiger partial charge in [0.25, 0.3) is 5.91 Å². The highest BCUT2D eigenvalue weighted by Gasteiger charge is 2.29. The molecule has 0 unspecified atom stereocenters. The van der Waals surface area contributed by atoms with Crippen LogP contribution in [0.4, 0.5) is 16.2 Å². The fourth-order valence-electron chi connectivity index (χ4n) is 2.93. The Bertz CT molecular complexity index is 1100. The van der Waals surface area contributed by atoms with Gasteiger partial charge in [-0.25, -0.2) is 13.2 Å². The molecular formula is C19H20N4O6S. The topological polar surface area (TPSA) is 134 Å². The molecule has 1 aliphatic rings. The van der Waals surface area contributed by atoms with Gasteiger partial charge >= 0.3 is 6.03 Å². The fourth-order valence-corrected chi connectivity index (χ4v) is 3.49. The minimum atomic E-state index is -3.56. The molecule has 1 saturated heterocycles. The maximum Gasteiger partial charge on any atom is 0.324 e. The summed E-state index contributed by atoms with van der Waals surface area (Å²) in [5, 5.41) is 5.12. The number of nitrogens with one attached hydrogen (secondary N) is 3. The van der Waals surface area contributed by atoms with Gasteiger partial charge in [-0.1, -0.05) is 18.2 Å². The molecule has 10 nitrogen and oxygen atoms in total. The minimum Gasteiger partial charge on any atom is -0.495 e. The van der Waals surface area contributed by atoms with Crippen LogP contribution in [0.15, 0.2) is 42.5 Å². The molecule has 0 saturated carbocycles. The van der Waals surface area contributed by atoms with Crippen molar-refractivity contribution in [3.05, 3.63) is 53.6 Å². The summed E-state index contributed by atoms with van der Waals surface area (Å²) in [7, 11) is -2.16. The summed E-state index contributed by atoms with van der Waals surface area (Å²) in [6, 6.07) is 10.6. The van der Waals surface area contributed by atoms with Crippen LogP contribution >= 0.6 is 0 Å². The summed E-state index contributed by atoms with van der Waals surface area (Å²) in [6.45, 7) is -0.118. The normalized spacial score (nSPS) is 13.7. The van der Waals surface area contributed by atoms with Crippen molar-refractivity contribution in [3.63, 3.8) is 0 Å². The van der Waals surface area contributed by atoms with Crippen LogP contribution in [-0.4, -0.2) is 51.1 Å². The Morgan fingerprint density at radius 1 is 1.20 bits per heavy atom. The summed E-state index contributed by atoms with van der Waals surface area (Å²) < 4.78 is 30.6. The molecule has 0 aliphatic carbocycles. The van der Waals surface area contributed by atoms with E-state index in [0.717, 1.165) is 11.2 Å². The predicted octanol–water partition coefficient (Wildman–Crippen LogP) is 1.37. The van der Waals surface area contributed by atoms with E-state index in [1.54, 1.807) is 30.3 Å². The van der Waals surface area contributed by atoms with Gasteiger partial charge in [0.1, 0.15) is 5.75 Å². The van der Waals surface area contributed by atoms with Crippen LogP contribution in [0.5, 0.6) is 5.75 Å². The van der Waals surface area contributed by atoms with Crippen LogP contribution < -0.4 is 20.1 Å². The van der Waals surface area contributed by atoms with Gasteiger partial charge in [-0.2, -0.15) is 0 Å². The molecule has 0 bridgehead atoms. The first-order valence-corrected chi connectivity index (χ1v) is 10.7. The average molecular weight is 432 g/mol. The first-order valence-electron chi connectivity index (χ1n) is 8.81. The highest BCUT2D eigenvalue weighted by atomic mass is 32.2. The monoisotopic (exact) mass is 432 g/mol. The molecule has 1 heterocycles. The average Bonchev–Trinajstić information content (AvgIpc) is 2.99. The first kappa shape index (κ1) is 21.1. The van der Waals surface area contributed by atoms with Gasteiger partial charge in [0.05, 0.1) is 32.1 Å². The molecule has 4 amide bonds. The number of ether oxygens (including phenoxy) is 1. The van der Waals surface area contributed by atoms with Crippen molar-refractivity contribution >= 4 is 39.2 Å². The lowest BCUT2D eigenvalue weighted by Gasteiger charge is -2.16. The summed E-state index contributed by atoms with van der Waals surface area (Å²) in [6.07, 6.45) is 1.00. The largest absolute Gasteiger partial charge is 0.495 e. The van der Waals surface area contributed by atoms with Gasteiger partial charge in [-0.3, -0.25) is 19.2 Å². The Labute approximate surface area is 173 Å². The zero-order valence-corrected chi connectivity index (χ0v) is 17.1. The number of sulfonamides is 1. The van der Waals surface area contributed by atoms with E-state index in [4.69, 9.17) is 4.74 Å². The number of carbonyl (C=O) groups excluding carboxylic acids is 3. The Balaban J connectivity index is 1.84. The predicted molar refractivity (Wildman–Crippen MR) is 110 cm³/mol. The van der Waals surface area contributed by atoms with Gasteiger partial charge in [-0.15, -0.1) is 0 Å². The maximum atomic E-state index is 12.8. The molecule has 0 aromatic heterocycles. The van der Waals surface area contributed by atoms with Gasteiger partial charge < -0.3 is 15.4 Å². The van der Waals surface area contributed by atoms with Crippen LogP contribution in [0.3, 0.4) is 0 Å². The van der Waals surface area contributed by atoms with Gasteiger partial charge in [0.15, 0.2) is 0 Å². The molecule has 2 aromatic rings. The lowest BCUT2D eigenvalue weighted by molar-refractivity contribution is -0.125. The van der Waals surface area contributed by atoms with Crippen LogP contribution in [0, 0.1) is 0 Å². The number of carbonyl (C=O) groups is 3. The number of amides is 4. The summed E-state index contributed by atoms with van der Waals surface area (Å²) >= 11 is 0. The van der Waals surface area contributed by atoms with Crippen LogP contribution in [0.25, 0.3) is 0 Å². The Kier molecular flexibility index (Phi) is 5.92. The second kappa shape index (κ2) is 8.41. The summed E-state index contributed by atoms with van der Waals surface area (Å²) in [5.41, 5.74) is 1.27. The van der Waals surface area contributed by atoms with Gasteiger partial charge in [0.2, 0.25) is 15.9 Å². The van der Waals surface area contributed by atoms with Crippen molar-refractivity contribution < 1.29 is 27.5 Å². The highest BCUT2D eigenvalue weighted by Crippen LogP contribution is 2.29. The van der Waals surface area contributed by atoms with E-state index in [1.165, 1.54) is 19.2 Å². The highest BCUT2D eigenvalue weighted by molar-refractivity contribution is 7.92. The zero-order valence-electron chi connectivity index (χ0n) is 16.3. The Morgan fingerprint density at radius 2 is 1.93 bits per heavy atom. The van der Waals surface area contributed by atoms with Crippen LogP contribution in [0.2, 0.25) is 0 Å². The SMILES string of the molecule is COc1ccc(NC(=O)c2ccccc2CN2C(=O)CNC2=O)cc1NS(C)(=O)=O. The number of nitrogens with zero attached hydrogens (tertiary/aromatic N) is 1. The number of methoxy groups -OCH3 is 1. The van der Waals surface area contributed by atoms with Crippen LogP contribution in [-0.2, 0) is 21.4 Å². The van der Waals surface area contributed by atoms with E-state index < -0.39 is 22.0 Å². The summed E-state index contributed by atoms with van der Waals surface area (Å²) in [5.74, 6) is -0.563. The van der Waals surface area contributed by atoms with Crippen molar-refractivity contribution in [1.29, 1.82) is 0 Å². The quantitative estimate of drug-likeness (QED) is 0.566.